The molecule has 0 rings (SSSR count). The molecule has 0 spiro atoms. The van der Waals surface area contributed by atoms with Crippen molar-refractivity contribution in [3.8, 4) is 11.3 Å². The quantitative estimate of drug-likeness (QED) is 0.349. The molecule has 5 heavy (non-hydrogen) atoms. The molecule has 0 atom stereocenters. The monoisotopic (exact) mass is 132 g/mol. The van der Waals surface area contributed by atoms with Crippen molar-refractivity contribution in [2.75, 3.05) is 0 Å². The molecule has 0 saturated heterocycles. The van der Waals surface area contributed by atoms with Crippen molar-refractivity contribution in [3.63, 3.8) is 0 Å². The van der Waals surface area contributed by atoms with Gasteiger partial charge < -0.3 is 0 Å². The Balaban J connectivity index is 0. The van der Waals surface area contributed by atoms with Gasteiger partial charge in [0.15, 0.2) is 0 Å². The molecule has 0 aliphatic carbocycles. The Morgan fingerprint density at radius 2 is 1.60 bits per heavy atom. The molecular weight excluding hydrogens is 128 g/mol. The van der Waals surface area contributed by atoms with Gasteiger partial charge in [0, 0.05) is 15.9 Å². The number of rotatable bonds is 0. The fourth-order valence-electron chi connectivity index (χ4n) is 0. The topological polar surface area (TPSA) is 0 Å². The van der Waals surface area contributed by atoms with Gasteiger partial charge in [0.2, 0.25) is 0 Å². The molecule has 0 radical (unpaired) electrons. The smallest absolute Gasteiger partial charge is 0.0103 e. The van der Waals surface area contributed by atoms with Gasteiger partial charge in [-0.1, -0.05) is 0 Å². The Kier molecular flexibility index (Phi) is 84.9. The van der Waals surface area contributed by atoms with Crippen LogP contribution in [0.15, 0.2) is 13.2 Å². The Labute approximate surface area is 41.0 Å². The molecule has 0 amide bonds. The molecular formula is C4H5Br. The first-order valence-electron chi connectivity index (χ1n) is 0.978. The summed E-state index contributed by atoms with van der Waals surface area (Å²) in [6.07, 6.45) is 4.51. The molecule has 0 nitrogen and oxygen atoms in total. The van der Waals surface area contributed by atoms with Gasteiger partial charge in [-0.15, -0.1) is 19.6 Å². The first-order chi connectivity index (χ1) is 2.41. The summed E-state index contributed by atoms with van der Waals surface area (Å²) in [6, 6.07) is 0. The van der Waals surface area contributed by atoms with Crippen LogP contribution in [0.25, 0.3) is 0 Å². The van der Waals surface area contributed by atoms with E-state index in [9.17, 15) is 0 Å². The first kappa shape index (κ1) is 8.84. The van der Waals surface area contributed by atoms with E-state index < -0.39 is 0 Å². The molecule has 0 bridgehead atoms. The average Bonchev–Trinajstić information content (AvgIpc) is 1.46. The zero-order valence-corrected chi connectivity index (χ0v) is 4.46. The standard InChI is InChI=1S/C2HBr.C2H4/c1-2-3;1-2/h1H;1-2H2. The van der Waals surface area contributed by atoms with E-state index in [0.717, 1.165) is 0 Å². The molecule has 0 N–H and O–H groups in total. The molecule has 0 fully saturated rings. The van der Waals surface area contributed by atoms with Crippen LogP contribution in [0.5, 0.6) is 0 Å². The van der Waals surface area contributed by atoms with Crippen LogP contribution in [0.1, 0.15) is 0 Å². The number of hydrogen-bond donors (Lipinski definition) is 0. The molecule has 28 valence electrons. The third kappa shape index (κ3) is 247. The highest BCUT2D eigenvalue weighted by atomic mass is 79.9. The van der Waals surface area contributed by atoms with E-state index in [2.05, 4.69) is 40.3 Å². The SMILES string of the molecule is C#CBr.C=C. The second-order valence-corrected chi connectivity index (χ2v) is 0.567. The highest BCUT2D eigenvalue weighted by Gasteiger charge is 1.13. The van der Waals surface area contributed by atoms with Gasteiger partial charge >= 0.3 is 0 Å². The Bertz CT molecular complexity index is 33.4. The zero-order valence-electron chi connectivity index (χ0n) is 2.87. The molecule has 1 heteroatoms. The number of halogens is 1. The maximum atomic E-state index is 4.51. The molecule has 0 aliphatic rings. The maximum Gasteiger partial charge on any atom is 0.0103 e. The van der Waals surface area contributed by atoms with E-state index >= 15 is 0 Å². The van der Waals surface area contributed by atoms with Crippen molar-refractivity contribution in [2.45, 2.75) is 0 Å². The molecule has 0 saturated carbocycles. The van der Waals surface area contributed by atoms with Crippen LogP contribution in [-0.2, 0) is 0 Å². The van der Waals surface area contributed by atoms with E-state index in [4.69, 9.17) is 0 Å². The van der Waals surface area contributed by atoms with E-state index in [1.807, 2.05) is 0 Å². The number of hydrogen-bond acceptors (Lipinski definition) is 0. The second-order valence-electron chi connectivity index (χ2n) is 0.109. The fourth-order valence-corrected chi connectivity index (χ4v) is 0. The highest BCUT2D eigenvalue weighted by molar-refractivity contribution is 9.12. The van der Waals surface area contributed by atoms with Gasteiger partial charge in [-0.3, -0.25) is 0 Å². The highest BCUT2D eigenvalue weighted by Crippen LogP contribution is 1.58. The third-order valence-corrected chi connectivity index (χ3v) is 0. The van der Waals surface area contributed by atoms with Crippen molar-refractivity contribution in [1.29, 1.82) is 0 Å². The summed E-state index contributed by atoms with van der Waals surface area (Å²) in [6.45, 7) is 6.00. The lowest BCUT2D eigenvalue weighted by atomic mass is 11.3. The summed E-state index contributed by atoms with van der Waals surface area (Å²) >= 11 is 2.67. The normalized spacial score (nSPS) is 2.40. The molecule has 0 aromatic heterocycles. The van der Waals surface area contributed by atoms with E-state index in [1.165, 1.54) is 0 Å². The minimum Gasteiger partial charge on any atom is -0.108 e. The minimum absolute atomic E-state index is 2.06. The van der Waals surface area contributed by atoms with Crippen molar-refractivity contribution in [2.24, 2.45) is 0 Å². The Morgan fingerprint density at radius 1 is 1.60 bits per heavy atom. The predicted octanol–water partition coefficient (Wildman–Crippen LogP) is 1.77. The summed E-state index contributed by atoms with van der Waals surface area (Å²) in [5, 5.41) is 0. The minimum atomic E-state index is 2.06. The lowest BCUT2D eigenvalue weighted by molar-refractivity contribution is 2.81. The summed E-state index contributed by atoms with van der Waals surface area (Å²) in [7, 11) is 0. The number of terminal acetylenes is 1. The van der Waals surface area contributed by atoms with Gasteiger partial charge in [0.1, 0.15) is 0 Å². The van der Waals surface area contributed by atoms with Crippen LogP contribution < -0.4 is 0 Å². The van der Waals surface area contributed by atoms with Crippen LogP contribution >= 0.6 is 15.9 Å². The third-order valence-electron chi connectivity index (χ3n) is 0. The van der Waals surface area contributed by atoms with Gasteiger partial charge in [0.25, 0.3) is 0 Å². The van der Waals surface area contributed by atoms with Crippen molar-refractivity contribution in [1.82, 2.24) is 0 Å². The first-order valence-corrected chi connectivity index (χ1v) is 1.77. The lowest BCUT2D eigenvalue weighted by Gasteiger charge is -1.18. The van der Waals surface area contributed by atoms with E-state index in [0.29, 0.717) is 0 Å². The fraction of sp³-hybridized carbons (Fsp3) is 0. The average molecular weight is 133 g/mol. The Hall–Kier alpha value is -0.220. The summed E-state index contributed by atoms with van der Waals surface area (Å²) in [5.41, 5.74) is 0. The van der Waals surface area contributed by atoms with Crippen LogP contribution in [0.4, 0.5) is 0 Å². The van der Waals surface area contributed by atoms with E-state index in [1.54, 1.807) is 0 Å². The van der Waals surface area contributed by atoms with Crippen molar-refractivity contribution in [3.05, 3.63) is 13.2 Å². The van der Waals surface area contributed by atoms with Crippen LogP contribution in [0, 0.1) is 11.3 Å². The summed E-state index contributed by atoms with van der Waals surface area (Å²) < 4.78 is 0. The van der Waals surface area contributed by atoms with Crippen LogP contribution in [0.2, 0.25) is 0 Å². The summed E-state index contributed by atoms with van der Waals surface area (Å²) in [4.78, 5) is 2.06. The zero-order chi connectivity index (χ0) is 4.71. The lowest BCUT2D eigenvalue weighted by Crippen LogP contribution is -0.923. The van der Waals surface area contributed by atoms with Gasteiger partial charge in [-0.25, -0.2) is 0 Å². The Morgan fingerprint density at radius 3 is 1.60 bits per heavy atom. The van der Waals surface area contributed by atoms with Crippen molar-refractivity contribution < 1.29 is 0 Å². The van der Waals surface area contributed by atoms with Crippen molar-refractivity contribution >= 4 is 15.9 Å². The predicted molar refractivity (Wildman–Crippen MR) is 29.0 cm³/mol. The van der Waals surface area contributed by atoms with Gasteiger partial charge in [-0.2, -0.15) is 0 Å². The maximum absolute atomic E-state index is 4.51. The summed E-state index contributed by atoms with van der Waals surface area (Å²) in [5.74, 6) is 0. The van der Waals surface area contributed by atoms with Crippen LogP contribution in [-0.4, -0.2) is 0 Å². The van der Waals surface area contributed by atoms with Gasteiger partial charge in [0.05, 0.1) is 0 Å². The molecule has 0 heterocycles. The largest absolute Gasteiger partial charge is 0.108 e. The van der Waals surface area contributed by atoms with Gasteiger partial charge in [-0.05, 0) is 4.83 Å². The molecule has 0 aliphatic heterocycles. The molecule has 0 aromatic carbocycles. The second kappa shape index (κ2) is 48.0. The molecule has 0 aromatic rings. The van der Waals surface area contributed by atoms with Crippen LogP contribution in [0.3, 0.4) is 0 Å². The molecule has 0 unspecified atom stereocenters. The van der Waals surface area contributed by atoms with E-state index in [-0.39, 0.29) is 0 Å².